The van der Waals surface area contributed by atoms with E-state index in [4.69, 9.17) is 14.2 Å². The Morgan fingerprint density at radius 3 is 2.09 bits per heavy atom. The minimum Gasteiger partial charge on any atom is -0.460 e. The predicted molar refractivity (Wildman–Crippen MR) is 116 cm³/mol. The zero-order valence-corrected chi connectivity index (χ0v) is 18.9. The first-order chi connectivity index (χ1) is 16.2. The summed E-state index contributed by atoms with van der Waals surface area (Å²) in [5.41, 5.74) is 0.867. The van der Waals surface area contributed by atoms with Crippen molar-refractivity contribution in [3.63, 3.8) is 0 Å². The zero-order valence-electron chi connectivity index (χ0n) is 18.9. The molecule has 184 valence electrons. The van der Waals surface area contributed by atoms with Crippen LogP contribution in [-0.4, -0.2) is 55.0 Å². The van der Waals surface area contributed by atoms with Crippen molar-refractivity contribution in [3.8, 4) is 0 Å². The molecule has 2 rings (SSSR count). The molecule has 1 aromatic rings. The maximum atomic E-state index is 13.0. The molecule has 1 aliphatic rings. The van der Waals surface area contributed by atoms with E-state index in [0.717, 1.165) is 0 Å². The van der Waals surface area contributed by atoms with Crippen LogP contribution >= 0.6 is 0 Å². The van der Waals surface area contributed by atoms with Crippen molar-refractivity contribution >= 4 is 17.6 Å². The van der Waals surface area contributed by atoms with Crippen LogP contribution < -0.4 is 5.32 Å². The summed E-state index contributed by atoms with van der Waals surface area (Å²) in [5.74, 6) is -2.67. The van der Waals surface area contributed by atoms with Crippen LogP contribution in [0.4, 0.5) is 5.69 Å². The fourth-order valence-electron chi connectivity index (χ4n) is 3.43. The molecule has 0 bridgehead atoms. The maximum Gasteiger partial charge on any atom is 0.336 e. The summed E-state index contributed by atoms with van der Waals surface area (Å²) in [6.45, 7) is 4.65. The monoisotopic (exact) mass is 479 g/mol. The lowest BCUT2D eigenvalue weighted by molar-refractivity contribution is -0.757. The second-order valence-electron chi connectivity index (χ2n) is 7.01. The minimum atomic E-state index is -1.05. The van der Waals surface area contributed by atoms with Gasteiger partial charge in [0.05, 0.1) is 28.6 Å². The molecule has 0 spiro atoms. The molecule has 0 saturated carbocycles. The molecule has 1 N–H and O–H groups in total. The first kappa shape index (κ1) is 26.3. The van der Waals surface area contributed by atoms with Crippen LogP contribution in [-0.2, 0) is 28.6 Å². The lowest BCUT2D eigenvalue weighted by Gasteiger charge is -2.30. The van der Waals surface area contributed by atoms with Gasteiger partial charge in [-0.1, -0.05) is 12.1 Å². The van der Waals surface area contributed by atoms with E-state index in [0.29, 0.717) is 23.6 Å². The number of allylic oxidation sites excluding steroid dienone is 2. The molecule has 13 heteroatoms. The number of hydrogen-bond donors (Lipinski definition) is 1. The molecule has 0 fully saturated rings. The van der Waals surface area contributed by atoms with E-state index < -0.39 is 41.1 Å². The largest absolute Gasteiger partial charge is 0.460 e. The van der Waals surface area contributed by atoms with Crippen LogP contribution in [0.5, 0.6) is 0 Å². The Bertz CT molecular complexity index is 1020. The second kappa shape index (κ2) is 12.3. The number of benzene rings is 1. The lowest BCUT2D eigenvalue weighted by atomic mass is 9.80. The van der Waals surface area contributed by atoms with Gasteiger partial charge in [0.2, 0.25) is 0 Å². The van der Waals surface area contributed by atoms with Crippen LogP contribution in [0, 0.1) is 20.2 Å². The Kier molecular flexibility index (Phi) is 9.49. The summed E-state index contributed by atoms with van der Waals surface area (Å²) in [5, 5.41) is 23.6. The van der Waals surface area contributed by atoms with Gasteiger partial charge in [0.15, 0.2) is 0 Å². The van der Waals surface area contributed by atoms with E-state index in [1.807, 2.05) is 0 Å². The van der Waals surface area contributed by atoms with Crippen molar-refractivity contribution in [1.29, 1.82) is 0 Å². The van der Waals surface area contributed by atoms with Crippen molar-refractivity contribution in [2.75, 3.05) is 33.0 Å². The summed E-state index contributed by atoms with van der Waals surface area (Å²) in [7, 11) is 0. The highest BCUT2D eigenvalue weighted by Crippen LogP contribution is 2.40. The average Bonchev–Trinajstić information content (AvgIpc) is 2.78. The topological polar surface area (TPSA) is 169 Å². The highest BCUT2D eigenvalue weighted by atomic mass is 17.0. The van der Waals surface area contributed by atoms with Gasteiger partial charge < -0.3 is 24.4 Å². The van der Waals surface area contributed by atoms with Gasteiger partial charge in [-0.15, -0.1) is 10.1 Å². The van der Waals surface area contributed by atoms with Gasteiger partial charge in [0, 0.05) is 30.1 Å². The molecule has 1 atom stereocenters. The molecule has 0 amide bonds. The van der Waals surface area contributed by atoms with Gasteiger partial charge in [-0.05, 0) is 26.3 Å². The van der Waals surface area contributed by atoms with Gasteiger partial charge in [-0.2, -0.15) is 0 Å². The van der Waals surface area contributed by atoms with Crippen LogP contribution in [0.3, 0.4) is 0 Å². The molecule has 1 aliphatic heterocycles. The number of carbonyl (C=O) groups is 2. The van der Waals surface area contributed by atoms with Crippen LogP contribution in [0.15, 0.2) is 46.8 Å². The quantitative estimate of drug-likeness (QED) is 0.202. The smallest absolute Gasteiger partial charge is 0.336 e. The van der Waals surface area contributed by atoms with E-state index in [1.165, 1.54) is 18.2 Å². The first-order valence-corrected chi connectivity index (χ1v) is 10.3. The first-order valence-electron chi connectivity index (χ1n) is 10.3. The van der Waals surface area contributed by atoms with Crippen molar-refractivity contribution in [1.82, 2.24) is 5.32 Å². The van der Waals surface area contributed by atoms with Gasteiger partial charge in [-0.3, -0.25) is 10.1 Å². The van der Waals surface area contributed by atoms with Crippen molar-refractivity contribution in [2.24, 2.45) is 0 Å². The summed E-state index contributed by atoms with van der Waals surface area (Å²) >= 11 is 0. The van der Waals surface area contributed by atoms with E-state index in [2.05, 4.69) is 10.2 Å². The number of carbonyl (C=O) groups excluding carboxylic acids is 2. The number of dihydropyridines is 1. The minimum absolute atomic E-state index is 0.00367. The molecule has 1 heterocycles. The van der Waals surface area contributed by atoms with Crippen LogP contribution in [0.1, 0.15) is 32.3 Å². The number of rotatable bonds is 12. The highest BCUT2D eigenvalue weighted by molar-refractivity contribution is 6.00. The van der Waals surface area contributed by atoms with Gasteiger partial charge in [0.25, 0.3) is 10.8 Å². The van der Waals surface area contributed by atoms with Crippen molar-refractivity contribution in [2.45, 2.75) is 26.7 Å². The molecule has 0 aromatic heterocycles. The summed E-state index contributed by atoms with van der Waals surface area (Å²) in [6.07, 6.45) is 0. The normalized spacial score (nSPS) is 15.4. The van der Waals surface area contributed by atoms with E-state index in [9.17, 15) is 29.8 Å². The lowest BCUT2D eigenvalue weighted by Crippen LogP contribution is -2.33. The molecule has 0 radical (unpaired) electrons. The Balaban J connectivity index is 2.44. The fraction of sp³-hybridized carbons (Fsp3) is 0.429. The van der Waals surface area contributed by atoms with Crippen LogP contribution in [0.2, 0.25) is 0 Å². The Morgan fingerprint density at radius 1 is 0.971 bits per heavy atom. The number of nitro groups is 1. The fourth-order valence-corrected chi connectivity index (χ4v) is 3.43. The van der Waals surface area contributed by atoms with Gasteiger partial charge in [-0.25, -0.2) is 9.59 Å². The zero-order chi connectivity index (χ0) is 25.3. The number of non-ortho nitro benzene ring substituents is 1. The predicted octanol–water partition coefficient (Wildman–Crippen LogP) is 2.16. The average molecular weight is 479 g/mol. The maximum absolute atomic E-state index is 13.0. The number of hydrogen-bond acceptors (Lipinski definition) is 11. The third-order valence-corrected chi connectivity index (χ3v) is 4.79. The molecule has 13 nitrogen and oxygen atoms in total. The van der Waals surface area contributed by atoms with Crippen LogP contribution in [0.25, 0.3) is 0 Å². The number of ether oxygens (including phenoxy) is 3. The molecule has 1 unspecified atom stereocenters. The van der Waals surface area contributed by atoms with Gasteiger partial charge >= 0.3 is 11.9 Å². The number of esters is 2. The highest BCUT2D eigenvalue weighted by Gasteiger charge is 2.38. The molecule has 0 saturated heterocycles. The Morgan fingerprint density at radius 2 is 1.56 bits per heavy atom. The van der Waals surface area contributed by atoms with Crippen molar-refractivity contribution in [3.05, 3.63) is 72.6 Å². The van der Waals surface area contributed by atoms with Crippen molar-refractivity contribution < 1.29 is 38.6 Å². The second-order valence-corrected chi connectivity index (χ2v) is 7.01. The van der Waals surface area contributed by atoms with E-state index in [1.54, 1.807) is 26.8 Å². The molecule has 1 aromatic carbocycles. The Labute approximate surface area is 194 Å². The SMILES string of the molecule is CCOCCOC(=O)C1=C(C)NC(C)=C(C(=O)OCCO[N+](=O)[O-])C1c1cccc([N+](=O)[O-])c1. The van der Waals surface area contributed by atoms with E-state index in [-0.39, 0.29) is 30.0 Å². The third kappa shape index (κ3) is 6.75. The standard InChI is InChI=1S/C21H25N3O10/c1-4-31-8-9-32-20(25)17-13(2)22-14(3)18(21(26)33-10-11-34-24(29)30)19(17)15-6-5-7-16(12-15)23(27)28/h5-7,12,19,22H,4,8-11H2,1-3H3. The number of nitrogens with one attached hydrogen (secondary N) is 1. The summed E-state index contributed by atoms with van der Waals surface area (Å²) in [6, 6.07) is 5.52. The number of nitrogens with zero attached hydrogens (tertiary/aromatic N) is 2. The number of nitro benzene ring substituents is 1. The Hall–Kier alpha value is -4.00. The van der Waals surface area contributed by atoms with Gasteiger partial charge in [0.1, 0.15) is 19.8 Å². The summed E-state index contributed by atoms with van der Waals surface area (Å²) < 4.78 is 15.6. The molecule has 0 aliphatic carbocycles. The summed E-state index contributed by atoms with van der Waals surface area (Å²) in [4.78, 5) is 51.1. The third-order valence-electron chi connectivity index (χ3n) is 4.79. The van der Waals surface area contributed by atoms with E-state index >= 15 is 0 Å². The molecule has 34 heavy (non-hydrogen) atoms. The molecular weight excluding hydrogens is 454 g/mol. The molecular formula is C21H25N3O10.